The summed E-state index contributed by atoms with van der Waals surface area (Å²) in [6.45, 7) is 8.48. The summed E-state index contributed by atoms with van der Waals surface area (Å²) in [4.78, 5) is 22.6. The number of carboxylic acid groups (broad SMARTS) is 1. The monoisotopic (exact) mass is 246 g/mol. The summed E-state index contributed by atoms with van der Waals surface area (Å²) in [6, 6.07) is 0. The quantitative estimate of drug-likeness (QED) is 0.717. The van der Waals surface area contributed by atoms with Crippen molar-refractivity contribution in [2.75, 3.05) is 0 Å². The maximum absolute atomic E-state index is 11.6. The Labute approximate surface area is 102 Å². The van der Waals surface area contributed by atoms with Crippen LogP contribution in [0.25, 0.3) is 0 Å². The van der Waals surface area contributed by atoms with Gasteiger partial charge in [0.2, 0.25) is 0 Å². The van der Waals surface area contributed by atoms with Gasteiger partial charge >= 0.3 is 11.9 Å². The van der Waals surface area contributed by atoms with Crippen LogP contribution in [0, 0.1) is 11.8 Å². The van der Waals surface area contributed by atoms with E-state index in [4.69, 9.17) is 9.84 Å². The summed E-state index contributed by atoms with van der Waals surface area (Å²) >= 11 is 0. The van der Waals surface area contributed by atoms with E-state index in [2.05, 4.69) is 0 Å². The highest BCUT2D eigenvalue weighted by molar-refractivity contribution is 5.83. The van der Waals surface area contributed by atoms with E-state index in [9.17, 15) is 14.7 Å². The third-order valence-corrected chi connectivity index (χ3v) is 2.53. The Morgan fingerprint density at radius 1 is 1.29 bits per heavy atom. The number of aliphatic hydroxyl groups excluding tert-OH is 1. The van der Waals surface area contributed by atoms with Gasteiger partial charge in [0, 0.05) is 0 Å². The molecule has 100 valence electrons. The molecule has 0 aromatic heterocycles. The fraction of sp³-hybridized carbons (Fsp3) is 0.833. The molecule has 0 heterocycles. The summed E-state index contributed by atoms with van der Waals surface area (Å²) in [7, 11) is 0. The molecule has 5 heteroatoms. The summed E-state index contributed by atoms with van der Waals surface area (Å²) in [5.74, 6) is -3.49. The largest absolute Gasteiger partial charge is 0.481 e. The number of rotatable bonds is 5. The molecule has 0 fully saturated rings. The number of carboxylic acids is 1. The summed E-state index contributed by atoms with van der Waals surface area (Å²) in [6.07, 6.45) is -1.06. The molecule has 0 saturated heterocycles. The maximum atomic E-state index is 11.6. The first kappa shape index (κ1) is 15.9. The lowest BCUT2D eigenvalue weighted by atomic mass is 9.87. The first-order chi connectivity index (χ1) is 7.60. The molecule has 0 spiro atoms. The van der Waals surface area contributed by atoms with E-state index in [1.54, 1.807) is 27.7 Å². The average Bonchev–Trinajstić information content (AvgIpc) is 2.14. The highest BCUT2D eigenvalue weighted by Crippen LogP contribution is 2.22. The van der Waals surface area contributed by atoms with E-state index >= 15 is 0 Å². The zero-order chi connectivity index (χ0) is 13.8. The smallest absolute Gasteiger partial charge is 0.336 e. The third kappa shape index (κ3) is 5.17. The van der Waals surface area contributed by atoms with Crippen LogP contribution in [0.1, 0.15) is 41.0 Å². The van der Waals surface area contributed by atoms with Crippen LogP contribution in [0.4, 0.5) is 0 Å². The molecule has 0 saturated carbocycles. The van der Waals surface area contributed by atoms with E-state index in [0.717, 1.165) is 0 Å². The van der Waals surface area contributed by atoms with Gasteiger partial charge in [0.15, 0.2) is 6.10 Å². The molecule has 5 nitrogen and oxygen atoms in total. The van der Waals surface area contributed by atoms with E-state index in [1.165, 1.54) is 0 Å². The predicted molar refractivity (Wildman–Crippen MR) is 62.4 cm³/mol. The van der Waals surface area contributed by atoms with Crippen molar-refractivity contribution in [2.45, 2.75) is 52.7 Å². The van der Waals surface area contributed by atoms with Crippen molar-refractivity contribution in [3.05, 3.63) is 0 Å². The van der Waals surface area contributed by atoms with Crippen LogP contribution in [0.5, 0.6) is 0 Å². The second-order valence-electron chi connectivity index (χ2n) is 5.23. The Morgan fingerprint density at radius 3 is 2.06 bits per heavy atom. The lowest BCUT2D eigenvalue weighted by Crippen LogP contribution is -2.42. The lowest BCUT2D eigenvalue weighted by Gasteiger charge is -2.26. The lowest BCUT2D eigenvalue weighted by molar-refractivity contribution is -0.175. The molecule has 17 heavy (non-hydrogen) atoms. The Balaban J connectivity index is 4.79. The van der Waals surface area contributed by atoms with Crippen molar-refractivity contribution in [1.29, 1.82) is 0 Å². The average molecular weight is 246 g/mol. The second-order valence-corrected chi connectivity index (χ2v) is 5.23. The second kappa shape index (κ2) is 6.00. The minimum absolute atomic E-state index is 0.296. The highest BCUT2D eigenvalue weighted by atomic mass is 16.6. The molecule has 0 rings (SSSR count). The van der Waals surface area contributed by atoms with Gasteiger partial charge in [-0.3, -0.25) is 4.79 Å². The minimum atomic E-state index is -1.62. The first-order valence-corrected chi connectivity index (χ1v) is 5.74. The van der Waals surface area contributed by atoms with Crippen LogP contribution < -0.4 is 0 Å². The predicted octanol–water partition coefficient (Wildman–Crippen LogP) is 1.44. The van der Waals surface area contributed by atoms with Gasteiger partial charge in [0.1, 0.15) is 5.60 Å². The molecule has 0 aromatic carbocycles. The van der Waals surface area contributed by atoms with Crippen molar-refractivity contribution in [3.8, 4) is 0 Å². The number of ether oxygens (including phenoxy) is 1. The van der Waals surface area contributed by atoms with Crippen molar-refractivity contribution >= 4 is 11.9 Å². The Morgan fingerprint density at radius 2 is 1.76 bits per heavy atom. The molecule has 0 aliphatic rings. The number of hydrogen-bond donors (Lipinski definition) is 2. The van der Waals surface area contributed by atoms with Gasteiger partial charge < -0.3 is 14.9 Å². The third-order valence-electron chi connectivity index (χ3n) is 2.53. The number of hydrogen-bond acceptors (Lipinski definition) is 4. The van der Waals surface area contributed by atoms with Gasteiger partial charge in [-0.25, -0.2) is 4.79 Å². The Kier molecular flexibility index (Phi) is 5.61. The summed E-state index contributed by atoms with van der Waals surface area (Å²) < 4.78 is 4.97. The molecular weight excluding hydrogens is 224 g/mol. The Bertz CT molecular complexity index is 279. The normalized spacial score (nSPS) is 17.1. The van der Waals surface area contributed by atoms with Gasteiger partial charge in [-0.05, 0) is 26.7 Å². The van der Waals surface area contributed by atoms with Crippen molar-refractivity contribution in [2.24, 2.45) is 11.8 Å². The number of aliphatic hydroxyl groups is 1. The number of esters is 1. The summed E-state index contributed by atoms with van der Waals surface area (Å²) in [5, 5.41) is 18.8. The summed E-state index contributed by atoms with van der Waals surface area (Å²) in [5.41, 5.74) is -0.740. The standard InChI is InChI=1S/C12H22O5/c1-6-7(2)8(10(14)15)9(13)11(16)17-12(3,4)5/h7-9,13H,6H2,1-5H3,(H,14,15)/t7-,8-,9+/m0/s1. The van der Waals surface area contributed by atoms with E-state index < -0.39 is 29.6 Å². The van der Waals surface area contributed by atoms with E-state index in [-0.39, 0.29) is 5.92 Å². The zero-order valence-electron chi connectivity index (χ0n) is 11.1. The molecule has 0 unspecified atom stereocenters. The zero-order valence-corrected chi connectivity index (χ0v) is 11.1. The molecular formula is C12H22O5. The van der Waals surface area contributed by atoms with Gasteiger partial charge in [-0.2, -0.15) is 0 Å². The molecule has 0 amide bonds. The molecule has 0 aromatic rings. The van der Waals surface area contributed by atoms with Crippen LogP contribution in [0.3, 0.4) is 0 Å². The van der Waals surface area contributed by atoms with Crippen LogP contribution in [0.15, 0.2) is 0 Å². The van der Waals surface area contributed by atoms with E-state index in [1.807, 2.05) is 6.92 Å². The number of aliphatic carboxylic acids is 1. The van der Waals surface area contributed by atoms with Crippen molar-refractivity contribution in [3.63, 3.8) is 0 Å². The van der Waals surface area contributed by atoms with Crippen molar-refractivity contribution < 1.29 is 24.5 Å². The van der Waals surface area contributed by atoms with Crippen LogP contribution in [-0.4, -0.2) is 33.9 Å². The van der Waals surface area contributed by atoms with Crippen LogP contribution in [0.2, 0.25) is 0 Å². The topological polar surface area (TPSA) is 83.8 Å². The molecule has 3 atom stereocenters. The number of carbonyl (C=O) groups is 2. The van der Waals surface area contributed by atoms with Gasteiger partial charge in [-0.1, -0.05) is 20.3 Å². The first-order valence-electron chi connectivity index (χ1n) is 5.74. The maximum Gasteiger partial charge on any atom is 0.336 e. The SMILES string of the molecule is CC[C@H](C)[C@H](C(=O)O)[C@@H](O)C(=O)OC(C)(C)C. The van der Waals surface area contributed by atoms with Gasteiger partial charge in [0.25, 0.3) is 0 Å². The van der Waals surface area contributed by atoms with Gasteiger partial charge in [0.05, 0.1) is 5.92 Å². The van der Waals surface area contributed by atoms with Gasteiger partial charge in [-0.15, -0.1) is 0 Å². The molecule has 0 aliphatic carbocycles. The minimum Gasteiger partial charge on any atom is -0.481 e. The number of carbonyl (C=O) groups excluding carboxylic acids is 1. The molecule has 0 aliphatic heterocycles. The van der Waals surface area contributed by atoms with Crippen LogP contribution >= 0.6 is 0 Å². The van der Waals surface area contributed by atoms with E-state index in [0.29, 0.717) is 6.42 Å². The van der Waals surface area contributed by atoms with Crippen LogP contribution in [-0.2, 0) is 14.3 Å². The highest BCUT2D eigenvalue weighted by Gasteiger charge is 2.38. The van der Waals surface area contributed by atoms with Crippen molar-refractivity contribution in [1.82, 2.24) is 0 Å². The molecule has 0 radical (unpaired) electrons. The fourth-order valence-electron chi connectivity index (χ4n) is 1.45. The Hall–Kier alpha value is -1.10. The molecule has 0 bridgehead atoms. The fourth-order valence-corrected chi connectivity index (χ4v) is 1.45. The molecule has 2 N–H and O–H groups in total.